The minimum absolute atomic E-state index is 0.158. The maximum Gasteiger partial charge on any atom is 0.304 e. The molecule has 0 atom stereocenters. The van der Waals surface area contributed by atoms with Crippen LogP contribution in [0.3, 0.4) is 0 Å². The molecule has 3 heterocycles. The van der Waals surface area contributed by atoms with Gasteiger partial charge < -0.3 is 15.0 Å². The van der Waals surface area contributed by atoms with Gasteiger partial charge in [0.05, 0.1) is 16.0 Å². The molecule has 0 aliphatic heterocycles. The molecule has 0 aliphatic rings. The molecule has 0 radical (unpaired) electrons. The number of rotatable bonds is 6. The third kappa shape index (κ3) is 4.12. The van der Waals surface area contributed by atoms with E-state index in [0.29, 0.717) is 51.3 Å². The van der Waals surface area contributed by atoms with Crippen molar-refractivity contribution in [2.75, 3.05) is 5.73 Å². The summed E-state index contributed by atoms with van der Waals surface area (Å²) in [5, 5.41) is 11.6. The maximum atomic E-state index is 14.6. The predicted octanol–water partition coefficient (Wildman–Crippen LogP) is 5.24. The second kappa shape index (κ2) is 9.11. The first-order valence-corrected chi connectivity index (χ1v) is 11.0. The summed E-state index contributed by atoms with van der Waals surface area (Å²) in [7, 11) is 1.70. The smallest absolute Gasteiger partial charge is 0.304 e. The Labute approximate surface area is 209 Å². The number of hydrogen-bond donors (Lipinski definition) is 1. The fraction of sp³-hybridized carbons (Fsp3) is 0.0769. The number of nitrogens with zero attached hydrogens (tertiary/aromatic N) is 5. The third-order valence-electron chi connectivity index (χ3n) is 5.92. The van der Waals surface area contributed by atoms with Crippen molar-refractivity contribution in [2.24, 2.45) is 7.05 Å². The molecule has 0 spiro atoms. The van der Waals surface area contributed by atoms with Crippen molar-refractivity contribution >= 4 is 28.8 Å². The summed E-state index contributed by atoms with van der Waals surface area (Å²) in [4.78, 5) is 35.3. The summed E-state index contributed by atoms with van der Waals surface area (Å²) < 4.78 is 22.2. The van der Waals surface area contributed by atoms with E-state index in [0.717, 1.165) is 17.8 Å². The van der Waals surface area contributed by atoms with Crippen molar-refractivity contribution in [3.8, 4) is 34.0 Å². The molecule has 2 N–H and O–H groups in total. The molecular weight excluding hydrogens is 479 g/mol. The van der Waals surface area contributed by atoms with Crippen LogP contribution in [-0.2, 0) is 7.05 Å². The first-order valence-electron chi connectivity index (χ1n) is 11.0. The zero-order chi connectivity index (χ0) is 26.3. The SMILES string of the molecule is Cc1cccc(Oc2ccc(-c3c(-c4ccc([N+](=O)[O-])c(F)c4)n(C)c4ncnc(N)c34)c(C=O)c2)n1. The van der Waals surface area contributed by atoms with Crippen molar-refractivity contribution < 1.29 is 18.8 Å². The fourth-order valence-electron chi connectivity index (χ4n) is 4.30. The Kier molecular flexibility index (Phi) is 5.80. The average Bonchev–Trinajstić information content (AvgIpc) is 3.17. The Bertz CT molecular complexity index is 1720. The van der Waals surface area contributed by atoms with Gasteiger partial charge in [-0.25, -0.2) is 15.0 Å². The number of nitrogen functional groups attached to an aromatic ring is 1. The number of pyridine rings is 1. The van der Waals surface area contributed by atoms with Gasteiger partial charge in [0.2, 0.25) is 11.7 Å². The highest BCUT2D eigenvalue weighted by Gasteiger charge is 2.25. The topological polar surface area (TPSA) is 139 Å². The first kappa shape index (κ1) is 23.5. The summed E-state index contributed by atoms with van der Waals surface area (Å²) >= 11 is 0. The molecule has 0 bridgehead atoms. The van der Waals surface area contributed by atoms with Gasteiger partial charge in [-0.15, -0.1) is 0 Å². The molecule has 2 aromatic carbocycles. The predicted molar refractivity (Wildman–Crippen MR) is 135 cm³/mol. The van der Waals surface area contributed by atoms with Crippen molar-refractivity contribution in [3.63, 3.8) is 0 Å². The molecule has 0 fully saturated rings. The molecule has 184 valence electrons. The zero-order valence-electron chi connectivity index (χ0n) is 19.7. The Hall–Kier alpha value is -5.19. The number of aromatic nitrogens is 4. The summed E-state index contributed by atoms with van der Waals surface area (Å²) in [6, 6.07) is 13.9. The second-order valence-corrected chi connectivity index (χ2v) is 8.25. The number of benzene rings is 2. The van der Waals surface area contributed by atoms with Gasteiger partial charge in [0.15, 0.2) is 6.29 Å². The molecule has 0 saturated carbocycles. The lowest BCUT2D eigenvalue weighted by Crippen LogP contribution is -1.98. The molecule has 37 heavy (non-hydrogen) atoms. The van der Waals surface area contributed by atoms with E-state index < -0.39 is 16.4 Å². The molecule has 3 aromatic heterocycles. The lowest BCUT2D eigenvalue weighted by Gasteiger charge is -2.12. The quantitative estimate of drug-likeness (QED) is 0.190. The van der Waals surface area contributed by atoms with Crippen LogP contribution in [0.5, 0.6) is 11.6 Å². The van der Waals surface area contributed by atoms with Crippen molar-refractivity contribution in [1.82, 2.24) is 19.5 Å². The highest BCUT2D eigenvalue weighted by molar-refractivity contribution is 6.10. The third-order valence-corrected chi connectivity index (χ3v) is 5.92. The number of nitro groups is 1. The van der Waals surface area contributed by atoms with E-state index in [2.05, 4.69) is 15.0 Å². The van der Waals surface area contributed by atoms with Crippen molar-refractivity contribution in [3.05, 3.63) is 88.1 Å². The van der Waals surface area contributed by atoms with Crippen molar-refractivity contribution in [2.45, 2.75) is 6.92 Å². The van der Waals surface area contributed by atoms with E-state index in [1.54, 1.807) is 41.9 Å². The number of carbonyl (C=O) groups excluding carboxylic acids is 1. The van der Waals surface area contributed by atoms with E-state index in [9.17, 15) is 19.3 Å². The van der Waals surface area contributed by atoms with Crippen LogP contribution in [0.2, 0.25) is 0 Å². The number of nitro benzene ring substituents is 1. The first-order chi connectivity index (χ1) is 17.8. The van der Waals surface area contributed by atoms with Crippen LogP contribution < -0.4 is 10.5 Å². The van der Waals surface area contributed by atoms with Crippen LogP contribution in [0.4, 0.5) is 15.9 Å². The minimum atomic E-state index is -0.997. The fourth-order valence-corrected chi connectivity index (χ4v) is 4.30. The largest absolute Gasteiger partial charge is 0.439 e. The van der Waals surface area contributed by atoms with E-state index in [1.807, 2.05) is 13.0 Å². The van der Waals surface area contributed by atoms with Gasteiger partial charge in [-0.3, -0.25) is 14.9 Å². The number of anilines is 1. The van der Waals surface area contributed by atoms with Gasteiger partial charge in [0.25, 0.3) is 0 Å². The minimum Gasteiger partial charge on any atom is -0.439 e. The number of nitrogens with two attached hydrogens (primary N) is 1. The van der Waals surface area contributed by atoms with Crippen LogP contribution >= 0.6 is 0 Å². The van der Waals surface area contributed by atoms with E-state index >= 15 is 0 Å². The molecule has 11 heteroatoms. The normalized spacial score (nSPS) is 11.0. The van der Waals surface area contributed by atoms with Crippen molar-refractivity contribution in [1.29, 1.82) is 0 Å². The van der Waals surface area contributed by atoms with Crippen LogP contribution in [-0.4, -0.2) is 30.7 Å². The Morgan fingerprint density at radius 2 is 1.95 bits per heavy atom. The molecular formula is C26H19FN6O4. The Morgan fingerprint density at radius 3 is 2.65 bits per heavy atom. The summed E-state index contributed by atoms with van der Waals surface area (Å²) in [6.45, 7) is 1.84. The number of fused-ring (bicyclic) bond motifs is 1. The summed E-state index contributed by atoms with van der Waals surface area (Å²) in [6.07, 6.45) is 1.97. The van der Waals surface area contributed by atoms with Crippen LogP contribution in [0, 0.1) is 22.9 Å². The lowest BCUT2D eigenvalue weighted by atomic mass is 9.95. The molecule has 0 unspecified atom stereocenters. The highest BCUT2D eigenvalue weighted by Crippen LogP contribution is 2.43. The summed E-state index contributed by atoms with van der Waals surface area (Å²) in [5.74, 6) is -0.0843. The zero-order valence-corrected chi connectivity index (χ0v) is 19.7. The monoisotopic (exact) mass is 498 g/mol. The van der Waals surface area contributed by atoms with Gasteiger partial charge in [0, 0.05) is 41.6 Å². The molecule has 0 saturated heterocycles. The number of halogens is 1. The highest BCUT2D eigenvalue weighted by atomic mass is 19.1. The van der Waals surface area contributed by atoms with Crippen LogP contribution in [0.15, 0.2) is 60.9 Å². The van der Waals surface area contributed by atoms with Gasteiger partial charge in [-0.05, 0) is 48.9 Å². The number of ether oxygens (including phenoxy) is 1. The molecule has 5 aromatic rings. The lowest BCUT2D eigenvalue weighted by molar-refractivity contribution is -0.387. The summed E-state index contributed by atoms with van der Waals surface area (Å²) in [5.41, 5.74) is 8.81. The van der Waals surface area contributed by atoms with Gasteiger partial charge in [-0.2, -0.15) is 4.39 Å². The second-order valence-electron chi connectivity index (χ2n) is 8.25. The van der Waals surface area contributed by atoms with Crippen LogP contribution in [0.1, 0.15) is 16.1 Å². The van der Waals surface area contributed by atoms with Gasteiger partial charge in [0.1, 0.15) is 23.5 Å². The van der Waals surface area contributed by atoms with Gasteiger partial charge >= 0.3 is 5.69 Å². The molecule has 10 nitrogen and oxygen atoms in total. The number of aryl methyl sites for hydroxylation is 2. The standard InChI is InChI=1S/C26H19FN6O4/c1-14-4-3-5-21(31-14)37-17-7-8-18(16(10-17)12-34)22-23-25(28)29-13-30-26(23)32(2)24(22)15-6-9-20(33(35)36)19(27)11-15/h3-13H,1-2H3,(H2,28,29,30). The number of hydrogen-bond acceptors (Lipinski definition) is 8. The molecule has 0 amide bonds. The van der Waals surface area contributed by atoms with E-state index in [-0.39, 0.29) is 11.4 Å². The molecule has 0 aliphatic carbocycles. The molecule has 5 rings (SSSR count). The number of carbonyl (C=O) groups is 1. The Balaban J connectivity index is 1.74. The average molecular weight is 498 g/mol. The van der Waals surface area contributed by atoms with Gasteiger partial charge in [-0.1, -0.05) is 6.07 Å². The Morgan fingerprint density at radius 1 is 1.14 bits per heavy atom. The van der Waals surface area contributed by atoms with E-state index in [1.165, 1.54) is 12.4 Å². The van der Waals surface area contributed by atoms with E-state index in [4.69, 9.17) is 10.5 Å². The van der Waals surface area contributed by atoms with Crippen LogP contribution in [0.25, 0.3) is 33.4 Å². The number of aldehydes is 1. The maximum absolute atomic E-state index is 14.6.